The fourth-order valence-corrected chi connectivity index (χ4v) is 1.61. The lowest BCUT2D eigenvalue weighted by Crippen LogP contribution is -2.24. The summed E-state index contributed by atoms with van der Waals surface area (Å²) in [7, 11) is 0. The van der Waals surface area contributed by atoms with E-state index in [0.717, 1.165) is 5.56 Å². The van der Waals surface area contributed by atoms with Gasteiger partial charge in [-0.2, -0.15) is 0 Å². The number of carbonyl (C=O) groups excluding carboxylic acids is 1. The largest absolute Gasteiger partial charge is 0.370 e. The molecule has 3 heteroatoms. The molecular formula is C13H17FO2. The van der Waals surface area contributed by atoms with Gasteiger partial charge in [-0.15, -0.1) is 0 Å². The van der Waals surface area contributed by atoms with E-state index in [1.54, 1.807) is 13.0 Å². The van der Waals surface area contributed by atoms with E-state index in [0.29, 0.717) is 18.6 Å². The number of ketones is 1. The maximum absolute atomic E-state index is 13.1. The van der Waals surface area contributed by atoms with Gasteiger partial charge in [0.2, 0.25) is 0 Å². The number of carbonyl (C=O) groups is 1. The fraction of sp³-hybridized carbons (Fsp3) is 0.462. The van der Waals surface area contributed by atoms with Crippen molar-refractivity contribution < 1.29 is 13.9 Å². The second-order valence-corrected chi connectivity index (χ2v) is 3.68. The van der Waals surface area contributed by atoms with Crippen molar-refractivity contribution in [3.8, 4) is 0 Å². The van der Waals surface area contributed by atoms with Crippen LogP contribution in [0, 0.1) is 12.7 Å². The van der Waals surface area contributed by atoms with Gasteiger partial charge < -0.3 is 4.74 Å². The number of hydrogen-bond acceptors (Lipinski definition) is 2. The molecule has 1 aromatic rings. The smallest absolute Gasteiger partial charge is 0.191 e. The molecule has 0 radical (unpaired) electrons. The highest BCUT2D eigenvalue weighted by molar-refractivity contribution is 6.00. The number of benzene rings is 1. The van der Waals surface area contributed by atoms with Gasteiger partial charge in [-0.05, 0) is 38.0 Å². The fourth-order valence-electron chi connectivity index (χ4n) is 1.61. The number of aryl methyl sites for hydroxylation is 1. The average molecular weight is 224 g/mol. The predicted molar refractivity (Wildman–Crippen MR) is 61.2 cm³/mol. The van der Waals surface area contributed by atoms with Gasteiger partial charge in [0.1, 0.15) is 11.9 Å². The lowest BCUT2D eigenvalue weighted by atomic mass is 9.99. The summed E-state index contributed by atoms with van der Waals surface area (Å²) in [6.45, 7) is 6.01. The summed E-state index contributed by atoms with van der Waals surface area (Å²) in [4.78, 5) is 12.0. The van der Waals surface area contributed by atoms with Crippen molar-refractivity contribution in [2.24, 2.45) is 0 Å². The van der Waals surface area contributed by atoms with Crippen molar-refractivity contribution in [1.82, 2.24) is 0 Å². The van der Waals surface area contributed by atoms with Crippen molar-refractivity contribution in [2.45, 2.75) is 33.3 Å². The number of hydrogen-bond donors (Lipinski definition) is 0. The van der Waals surface area contributed by atoms with Gasteiger partial charge in [0.05, 0.1) is 0 Å². The highest BCUT2D eigenvalue weighted by Gasteiger charge is 2.20. The van der Waals surface area contributed by atoms with Gasteiger partial charge in [0.15, 0.2) is 5.78 Å². The van der Waals surface area contributed by atoms with E-state index in [9.17, 15) is 9.18 Å². The molecule has 0 fully saturated rings. The lowest BCUT2D eigenvalue weighted by Gasteiger charge is -2.15. The van der Waals surface area contributed by atoms with E-state index in [-0.39, 0.29) is 11.6 Å². The Morgan fingerprint density at radius 1 is 1.44 bits per heavy atom. The van der Waals surface area contributed by atoms with Crippen LogP contribution in [0.4, 0.5) is 4.39 Å². The molecule has 0 heterocycles. The third kappa shape index (κ3) is 2.89. The molecule has 1 rings (SSSR count). The number of rotatable bonds is 5. The second kappa shape index (κ2) is 5.75. The minimum Gasteiger partial charge on any atom is -0.370 e. The maximum atomic E-state index is 13.1. The van der Waals surface area contributed by atoms with Gasteiger partial charge in [-0.1, -0.05) is 13.0 Å². The Morgan fingerprint density at radius 3 is 2.69 bits per heavy atom. The third-order valence-corrected chi connectivity index (χ3v) is 2.50. The van der Waals surface area contributed by atoms with E-state index < -0.39 is 6.10 Å². The van der Waals surface area contributed by atoms with E-state index in [1.807, 2.05) is 13.8 Å². The molecule has 0 aliphatic heterocycles. The van der Waals surface area contributed by atoms with E-state index >= 15 is 0 Å². The molecule has 0 amide bonds. The molecule has 0 N–H and O–H groups in total. The van der Waals surface area contributed by atoms with Crippen LogP contribution >= 0.6 is 0 Å². The first-order valence-electron chi connectivity index (χ1n) is 5.52. The van der Waals surface area contributed by atoms with Gasteiger partial charge in [0.25, 0.3) is 0 Å². The summed E-state index contributed by atoms with van der Waals surface area (Å²) >= 11 is 0. The number of ether oxygens (including phenoxy) is 1. The molecule has 88 valence electrons. The van der Waals surface area contributed by atoms with Crippen LogP contribution in [0.25, 0.3) is 0 Å². The van der Waals surface area contributed by atoms with Gasteiger partial charge in [-0.3, -0.25) is 4.79 Å². The van der Waals surface area contributed by atoms with Gasteiger partial charge in [-0.25, -0.2) is 4.39 Å². The second-order valence-electron chi connectivity index (χ2n) is 3.68. The summed E-state index contributed by atoms with van der Waals surface area (Å²) < 4.78 is 18.4. The molecule has 1 atom stereocenters. The van der Waals surface area contributed by atoms with Crippen LogP contribution in [-0.4, -0.2) is 18.5 Å². The molecular weight excluding hydrogens is 207 g/mol. The van der Waals surface area contributed by atoms with Crippen molar-refractivity contribution in [3.05, 3.63) is 35.1 Å². The Morgan fingerprint density at radius 2 is 2.12 bits per heavy atom. The highest BCUT2D eigenvalue weighted by Crippen LogP contribution is 2.15. The standard InChI is InChI=1S/C13H17FO2/c1-4-12(16-5-2)13(15)11-8-10(14)7-6-9(11)3/h6-8,12H,4-5H2,1-3H3. The molecule has 0 bridgehead atoms. The Kier molecular flexibility index (Phi) is 4.62. The summed E-state index contributed by atoms with van der Waals surface area (Å²) in [5.41, 5.74) is 1.20. The molecule has 0 aliphatic carbocycles. The zero-order valence-corrected chi connectivity index (χ0v) is 9.92. The highest BCUT2D eigenvalue weighted by atomic mass is 19.1. The summed E-state index contributed by atoms with van der Waals surface area (Å²) in [5.74, 6) is -0.526. The van der Waals surface area contributed by atoms with E-state index in [1.165, 1.54) is 12.1 Å². The first-order chi connectivity index (χ1) is 7.60. The Balaban J connectivity index is 2.98. The quantitative estimate of drug-likeness (QED) is 0.718. The number of halogens is 1. The minimum atomic E-state index is -0.467. The van der Waals surface area contributed by atoms with Crippen molar-refractivity contribution >= 4 is 5.78 Å². The molecule has 0 saturated heterocycles. The Labute approximate surface area is 95.4 Å². The van der Waals surface area contributed by atoms with Crippen LogP contribution < -0.4 is 0 Å². The summed E-state index contributed by atoms with van der Waals surface area (Å²) in [6.07, 6.45) is 0.133. The van der Waals surface area contributed by atoms with Crippen LogP contribution in [0.2, 0.25) is 0 Å². The number of Topliss-reactive ketones (excluding diaryl/α,β-unsaturated/α-hetero) is 1. The van der Waals surface area contributed by atoms with Crippen LogP contribution in [0.1, 0.15) is 36.2 Å². The molecule has 2 nitrogen and oxygen atoms in total. The SMILES string of the molecule is CCOC(CC)C(=O)c1cc(F)ccc1C. The Bertz CT molecular complexity index is 374. The van der Waals surface area contributed by atoms with Crippen LogP contribution in [0.5, 0.6) is 0 Å². The minimum absolute atomic E-state index is 0.138. The van der Waals surface area contributed by atoms with Gasteiger partial charge in [0, 0.05) is 12.2 Å². The molecule has 0 aromatic heterocycles. The molecule has 0 aliphatic rings. The molecule has 1 unspecified atom stereocenters. The third-order valence-electron chi connectivity index (χ3n) is 2.50. The van der Waals surface area contributed by atoms with E-state index in [4.69, 9.17) is 4.74 Å². The Hall–Kier alpha value is -1.22. The zero-order valence-electron chi connectivity index (χ0n) is 9.92. The molecule has 0 saturated carbocycles. The summed E-state index contributed by atoms with van der Waals surface area (Å²) in [5, 5.41) is 0. The molecule has 16 heavy (non-hydrogen) atoms. The molecule has 0 spiro atoms. The maximum Gasteiger partial charge on any atom is 0.191 e. The first kappa shape index (κ1) is 12.8. The predicted octanol–water partition coefficient (Wildman–Crippen LogP) is 3.13. The van der Waals surface area contributed by atoms with E-state index in [2.05, 4.69) is 0 Å². The molecule has 1 aromatic carbocycles. The van der Waals surface area contributed by atoms with Gasteiger partial charge >= 0.3 is 0 Å². The lowest BCUT2D eigenvalue weighted by molar-refractivity contribution is 0.0443. The average Bonchev–Trinajstić information content (AvgIpc) is 2.28. The van der Waals surface area contributed by atoms with Crippen LogP contribution in [0.15, 0.2) is 18.2 Å². The van der Waals surface area contributed by atoms with Crippen LogP contribution in [-0.2, 0) is 4.74 Å². The zero-order chi connectivity index (χ0) is 12.1. The first-order valence-corrected chi connectivity index (χ1v) is 5.52. The normalized spacial score (nSPS) is 12.5. The van der Waals surface area contributed by atoms with Crippen LogP contribution in [0.3, 0.4) is 0 Å². The topological polar surface area (TPSA) is 26.3 Å². The van der Waals surface area contributed by atoms with Crippen molar-refractivity contribution in [3.63, 3.8) is 0 Å². The monoisotopic (exact) mass is 224 g/mol. The van der Waals surface area contributed by atoms with Crippen molar-refractivity contribution in [2.75, 3.05) is 6.61 Å². The summed E-state index contributed by atoms with van der Waals surface area (Å²) in [6, 6.07) is 4.24. The van der Waals surface area contributed by atoms with Crippen molar-refractivity contribution in [1.29, 1.82) is 0 Å².